The Kier molecular flexibility index (Phi) is 3.47. The summed E-state index contributed by atoms with van der Waals surface area (Å²) in [6.45, 7) is 3.46. The lowest BCUT2D eigenvalue weighted by Crippen LogP contribution is -2.13. The van der Waals surface area contributed by atoms with Crippen LogP contribution in [0.5, 0.6) is 0 Å². The van der Waals surface area contributed by atoms with E-state index in [0.29, 0.717) is 11.4 Å². The Balaban J connectivity index is 2.78. The van der Waals surface area contributed by atoms with E-state index in [2.05, 4.69) is 4.98 Å². The van der Waals surface area contributed by atoms with Crippen LogP contribution in [0.4, 0.5) is 0 Å². The molecule has 0 fully saturated rings. The summed E-state index contributed by atoms with van der Waals surface area (Å²) < 4.78 is 0. The highest BCUT2D eigenvalue weighted by Crippen LogP contribution is 2.14. The Morgan fingerprint density at radius 1 is 1.64 bits per heavy atom. The van der Waals surface area contributed by atoms with Gasteiger partial charge in [-0.25, -0.2) is 0 Å². The Labute approximate surface area is 87.7 Å². The van der Waals surface area contributed by atoms with Gasteiger partial charge in [0.15, 0.2) is 0 Å². The molecular formula is C10H12ClNO2. The molecule has 1 rings (SSSR count). The molecule has 0 saturated carbocycles. The van der Waals surface area contributed by atoms with E-state index in [0.717, 1.165) is 11.4 Å². The average Bonchev–Trinajstić information content (AvgIpc) is 2.11. The molecule has 14 heavy (non-hydrogen) atoms. The van der Waals surface area contributed by atoms with E-state index in [4.69, 9.17) is 16.7 Å². The number of hydrogen-bond acceptors (Lipinski definition) is 2. The molecule has 3 nitrogen and oxygen atoms in total. The van der Waals surface area contributed by atoms with Gasteiger partial charge < -0.3 is 5.11 Å². The van der Waals surface area contributed by atoms with Crippen molar-refractivity contribution in [2.45, 2.75) is 20.3 Å². The van der Waals surface area contributed by atoms with Crippen LogP contribution in [0.1, 0.15) is 18.3 Å². The standard InChI is InChI=1S/C10H12ClNO2/c1-6(10(13)14)5-8-3-4-9(11)7(2)12-8/h3-4,6H,5H2,1-2H3,(H,13,14). The number of halogens is 1. The molecule has 0 bridgehead atoms. The van der Waals surface area contributed by atoms with Crippen LogP contribution in [0.2, 0.25) is 5.02 Å². The molecule has 1 heterocycles. The molecule has 1 aromatic rings. The largest absolute Gasteiger partial charge is 0.481 e. The van der Waals surface area contributed by atoms with Crippen LogP contribution in [0, 0.1) is 12.8 Å². The highest BCUT2D eigenvalue weighted by atomic mass is 35.5. The first-order valence-electron chi connectivity index (χ1n) is 4.35. The van der Waals surface area contributed by atoms with Crippen LogP contribution in [0.15, 0.2) is 12.1 Å². The van der Waals surface area contributed by atoms with Crippen molar-refractivity contribution in [1.82, 2.24) is 4.98 Å². The summed E-state index contributed by atoms with van der Waals surface area (Å²) in [7, 11) is 0. The number of nitrogens with zero attached hydrogens (tertiary/aromatic N) is 1. The maximum Gasteiger partial charge on any atom is 0.306 e. The molecule has 0 saturated heterocycles. The molecule has 0 aromatic carbocycles. The topological polar surface area (TPSA) is 50.2 Å². The molecule has 0 aliphatic carbocycles. The first-order valence-corrected chi connectivity index (χ1v) is 4.73. The maximum atomic E-state index is 10.6. The first-order chi connectivity index (χ1) is 6.50. The molecule has 0 aliphatic rings. The van der Waals surface area contributed by atoms with Gasteiger partial charge in [-0.05, 0) is 19.1 Å². The van der Waals surface area contributed by atoms with Crippen molar-refractivity contribution in [2.75, 3.05) is 0 Å². The van der Waals surface area contributed by atoms with E-state index in [-0.39, 0.29) is 0 Å². The number of hydrogen-bond donors (Lipinski definition) is 1. The lowest BCUT2D eigenvalue weighted by Gasteiger charge is -2.06. The summed E-state index contributed by atoms with van der Waals surface area (Å²) >= 11 is 5.80. The minimum absolute atomic E-state index is 0.414. The van der Waals surface area contributed by atoms with Crippen molar-refractivity contribution in [1.29, 1.82) is 0 Å². The predicted molar refractivity (Wildman–Crippen MR) is 54.5 cm³/mol. The normalized spacial score (nSPS) is 12.5. The fourth-order valence-electron chi connectivity index (χ4n) is 1.11. The van der Waals surface area contributed by atoms with Crippen LogP contribution >= 0.6 is 11.6 Å². The number of rotatable bonds is 3. The highest BCUT2D eigenvalue weighted by Gasteiger charge is 2.12. The van der Waals surface area contributed by atoms with E-state index >= 15 is 0 Å². The molecule has 0 aliphatic heterocycles. The molecule has 0 spiro atoms. The van der Waals surface area contributed by atoms with E-state index in [1.54, 1.807) is 26.0 Å². The second-order valence-electron chi connectivity index (χ2n) is 3.31. The lowest BCUT2D eigenvalue weighted by molar-refractivity contribution is -0.141. The van der Waals surface area contributed by atoms with Crippen molar-refractivity contribution in [3.8, 4) is 0 Å². The van der Waals surface area contributed by atoms with Crippen LogP contribution in [0.3, 0.4) is 0 Å². The third kappa shape index (κ3) is 2.70. The predicted octanol–water partition coefficient (Wildman–Crippen LogP) is 2.31. The summed E-state index contributed by atoms with van der Waals surface area (Å²) in [6.07, 6.45) is 0.438. The van der Waals surface area contributed by atoms with E-state index in [1.165, 1.54) is 0 Å². The summed E-state index contributed by atoms with van der Waals surface area (Å²) in [6, 6.07) is 3.50. The zero-order valence-electron chi connectivity index (χ0n) is 8.12. The van der Waals surface area contributed by atoms with Crippen molar-refractivity contribution in [3.63, 3.8) is 0 Å². The van der Waals surface area contributed by atoms with Gasteiger partial charge in [0.2, 0.25) is 0 Å². The van der Waals surface area contributed by atoms with Gasteiger partial charge in [-0.1, -0.05) is 18.5 Å². The molecule has 1 atom stereocenters. The Hall–Kier alpha value is -1.09. The second kappa shape index (κ2) is 4.42. The third-order valence-electron chi connectivity index (χ3n) is 2.02. The molecule has 76 valence electrons. The zero-order chi connectivity index (χ0) is 10.7. The van der Waals surface area contributed by atoms with Crippen LogP contribution in [-0.2, 0) is 11.2 Å². The molecule has 0 radical (unpaired) electrons. The van der Waals surface area contributed by atoms with Crippen molar-refractivity contribution < 1.29 is 9.90 Å². The smallest absolute Gasteiger partial charge is 0.306 e. The number of aromatic nitrogens is 1. The SMILES string of the molecule is Cc1nc(CC(C)C(=O)O)ccc1Cl. The number of carboxylic acid groups (broad SMARTS) is 1. The van der Waals surface area contributed by atoms with Crippen LogP contribution < -0.4 is 0 Å². The molecule has 1 N–H and O–H groups in total. The molecular weight excluding hydrogens is 202 g/mol. The minimum atomic E-state index is -0.806. The average molecular weight is 214 g/mol. The summed E-state index contributed by atoms with van der Waals surface area (Å²) in [4.78, 5) is 14.8. The van der Waals surface area contributed by atoms with Gasteiger partial charge >= 0.3 is 5.97 Å². The van der Waals surface area contributed by atoms with E-state index in [1.807, 2.05) is 0 Å². The van der Waals surface area contributed by atoms with Crippen molar-refractivity contribution in [3.05, 3.63) is 28.5 Å². The number of carboxylic acids is 1. The van der Waals surface area contributed by atoms with Crippen molar-refractivity contribution in [2.24, 2.45) is 5.92 Å². The lowest BCUT2D eigenvalue weighted by atomic mass is 10.1. The highest BCUT2D eigenvalue weighted by molar-refractivity contribution is 6.31. The van der Waals surface area contributed by atoms with E-state index < -0.39 is 11.9 Å². The van der Waals surface area contributed by atoms with Crippen molar-refractivity contribution >= 4 is 17.6 Å². The summed E-state index contributed by atoms with van der Waals surface area (Å²) in [5.74, 6) is -1.22. The molecule has 0 amide bonds. The van der Waals surface area contributed by atoms with Gasteiger partial charge in [0.05, 0.1) is 16.6 Å². The fourth-order valence-corrected chi connectivity index (χ4v) is 1.22. The van der Waals surface area contributed by atoms with Gasteiger partial charge in [0.25, 0.3) is 0 Å². The monoisotopic (exact) mass is 213 g/mol. The Morgan fingerprint density at radius 3 is 2.79 bits per heavy atom. The van der Waals surface area contributed by atoms with Gasteiger partial charge in [0.1, 0.15) is 0 Å². The molecule has 4 heteroatoms. The third-order valence-corrected chi connectivity index (χ3v) is 2.42. The Morgan fingerprint density at radius 2 is 2.29 bits per heavy atom. The van der Waals surface area contributed by atoms with Gasteiger partial charge in [-0.15, -0.1) is 0 Å². The number of aryl methyl sites for hydroxylation is 1. The summed E-state index contributed by atoms with van der Waals surface area (Å²) in [5, 5.41) is 9.32. The zero-order valence-corrected chi connectivity index (χ0v) is 8.88. The number of pyridine rings is 1. The van der Waals surface area contributed by atoms with Gasteiger partial charge in [0, 0.05) is 12.1 Å². The number of carbonyl (C=O) groups is 1. The quantitative estimate of drug-likeness (QED) is 0.838. The first kappa shape index (κ1) is 11.0. The maximum absolute atomic E-state index is 10.6. The van der Waals surface area contributed by atoms with E-state index in [9.17, 15) is 4.79 Å². The Bertz CT molecular complexity index is 352. The summed E-state index contributed by atoms with van der Waals surface area (Å²) in [5.41, 5.74) is 1.50. The fraction of sp³-hybridized carbons (Fsp3) is 0.400. The molecule has 1 aromatic heterocycles. The van der Waals surface area contributed by atoms with Crippen LogP contribution in [-0.4, -0.2) is 16.1 Å². The van der Waals surface area contributed by atoms with Gasteiger partial charge in [-0.3, -0.25) is 9.78 Å². The second-order valence-corrected chi connectivity index (χ2v) is 3.72. The minimum Gasteiger partial charge on any atom is -0.481 e. The van der Waals surface area contributed by atoms with Gasteiger partial charge in [-0.2, -0.15) is 0 Å². The number of aliphatic carboxylic acids is 1. The molecule has 1 unspecified atom stereocenters. The van der Waals surface area contributed by atoms with Crippen LogP contribution in [0.25, 0.3) is 0 Å².